The minimum absolute atomic E-state index is 0.0424. The predicted octanol–water partition coefficient (Wildman–Crippen LogP) is 3.44. The van der Waals surface area contributed by atoms with E-state index >= 15 is 0 Å². The Bertz CT molecular complexity index is 1220. The van der Waals surface area contributed by atoms with Crippen molar-refractivity contribution in [3.05, 3.63) is 65.0 Å². The number of carbonyl (C=O) groups excluding carboxylic acids is 1. The van der Waals surface area contributed by atoms with E-state index in [-0.39, 0.29) is 18.2 Å². The first-order valence-corrected chi connectivity index (χ1v) is 12.8. The van der Waals surface area contributed by atoms with E-state index in [1.807, 2.05) is 51.1 Å². The summed E-state index contributed by atoms with van der Waals surface area (Å²) in [5.41, 5.74) is 4.51. The highest BCUT2D eigenvalue weighted by molar-refractivity contribution is 7.99. The predicted molar refractivity (Wildman–Crippen MR) is 128 cm³/mol. The van der Waals surface area contributed by atoms with Crippen LogP contribution in [0.15, 0.2) is 47.6 Å². The van der Waals surface area contributed by atoms with Crippen molar-refractivity contribution in [2.24, 2.45) is 7.05 Å². The smallest absolute Gasteiger partial charge is 0.234 e. The molecule has 2 aromatic carbocycles. The van der Waals surface area contributed by atoms with Gasteiger partial charge in [0.15, 0.2) is 11.0 Å². The molecule has 0 atom stereocenters. The van der Waals surface area contributed by atoms with Crippen LogP contribution in [0.1, 0.15) is 22.5 Å². The van der Waals surface area contributed by atoms with E-state index in [0.29, 0.717) is 16.7 Å². The van der Waals surface area contributed by atoms with Crippen LogP contribution in [0.5, 0.6) is 0 Å². The monoisotopic (exact) mass is 473 g/mol. The number of aromatic nitrogens is 3. The van der Waals surface area contributed by atoms with Gasteiger partial charge in [-0.1, -0.05) is 47.2 Å². The number of carbonyl (C=O) groups is 1. The zero-order chi connectivity index (χ0) is 23.5. The number of benzene rings is 2. The van der Waals surface area contributed by atoms with Crippen molar-refractivity contribution in [3.8, 4) is 0 Å². The zero-order valence-corrected chi connectivity index (χ0v) is 20.4. The number of thioether (sulfide) groups is 1. The first-order valence-electron chi connectivity index (χ1n) is 9.97. The van der Waals surface area contributed by atoms with Crippen LogP contribution in [0.3, 0.4) is 0 Å². The third-order valence-electron chi connectivity index (χ3n) is 4.92. The summed E-state index contributed by atoms with van der Waals surface area (Å²) in [6.45, 7) is 5.94. The van der Waals surface area contributed by atoms with Gasteiger partial charge in [0.25, 0.3) is 0 Å². The molecular weight excluding hydrogens is 446 g/mol. The zero-order valence-electron chi connectivity index (χ0n) is 18.8. The van der Waals surface area contributed by atoms with Gasteiger partial charge in [-0.05, 0) is 44.5 Å². The Labute approximate surface area is 193 Å². The summed E-state index contributed by atoms with van der Waals surface area (Å²) < 4.78 is 27.8. The van der Waals surface area contributed by atoms with Crippen LogP contribution in [-0.2, 0) is 28.4 Å². The number of amides is 1. The van der Waals surface area contributed by atoms with Gasteiger partial charge < -0.3 is 9.88 Å². The van der Waals surface area contributed by atoms with E-state index in [2.05, 4.69) is 15.5 Å². The third kappa shape index (κ3) is 5.89. The van der Waals surface area contributed by atoms with Crippen molar-refractivity contribution in [1.29, 1.82) is 0 Å². The van der Waals surface area contributed by atoms with Crippen molar-refractivity contribution < 1.29 is 13.2 Å². The molecule has 0 radical (unpaired) electrons. The van der Waals surface area contributed by atoms with Gasteiger partial charge in [0.1, 0.15) is 0 Å². The Balaban J connectivity index is 1.68. The summed E-state index contributed by atoms with van der Waals surface area (Å²) in [4.78, 5) is 12.4. The molecule has 10 heteroatoms. The van der Waals surface area contributed by atoms with Crippen molar-refractivity contribution in [2.75, 3.05) is 21.6 Å². The van der Waals surface area contributed by atoms with Crippen LogP contribution < -0.4 is 9.62 Å². The number of nitrogens with zero attached hydrogens (tertiary/aromatic N) is 4. The molecule has 32 heavy (non-hydrogen) atoms. The van der Waals surface area contributed by atoms with Gasteiger partial charge in [0.2, 0.25) is 15.9 Å². The summed E-state index contributed by atoms with van der Waals surface area (Å²) in [6.07, 6.45) is 1.16. The van der Waals surface area contributed by atoms with Crippen molar-refractivity contribution >= 4 is 39.1 Å². The summed E-state index contributed by atoms with van der Waals surface area (Å²) in [5, 5.41) is 11.7. The average molecular weight is 474 g/mol. The van der Waals surface area contributed by atoms with E-state index in [0.717, 1.165) is 28.6 Å². The van der Waals surface area contributed by atoms with Gasteiger partial charge in [-0.2, -0.15) is 0 Å². The number of sulfonamides is 1. The fraction of sp³-hybridized carbons (Fsp3) is 0.318. The summed E-state index contributed by atoms with van der Waals surface area (Å²) in [6, 6.07) is 13.1. The Morgan fingerprint density at radius 3 is 2.34 bits per heavy atom. The molecule has 3 rings (SSSR count). The number of anilines is 2. The molecule has 0 fully saturated rings. The summed E-state index contributed by atoms with van der Waals surface area (Å²) >= 11 is 1.25. The molecule has 0 spiro atoms. The summed E-state index contributed by atoms with van der Waals surface area (Å²) in [7, 11) is -1.76. The standard InChI is InChI=1S/C22H27N5O3S2/c1-15-6-9-18(10-7-15)27(32(5,29)30)13-20-24-25-22(26(20)4)31-14-21(28)23-19-11-8-16(2)12-17(19)3/h6-12H,13-14H2,1-5H3,(H,23,28). The van der Waals surface area contributed by atoms with E-state index in [1.165, 1.54) is 16.1 Å². The second-order valence-electron chi connectivity index (χ2n) is 7.72. The lowest BCUT2D eigenvalue weighted by Gasteiger charge is -2.22. The Morgan fingerprint density at radius 2 is 1.72 bits per heavy atom. The van der Waals surface area contributed by atoms with Crippen LogP contribution in [0.25, 0.3) is 0 Å². The number of hydrogen-bond donors (Lipinski definition) is 1. The van der Waals surface area contributed by atoms with E-state index < -0.39 is 10.0 Å². The van der Waals surface area contributed by atoms with Crippen LogP contribution in [0.4, 0.5) is 11.4 Å². The third-order valence-corrected chi connectivity index (χ3v) is 7.08. The SMILES string of the molecule is Cc1ccc(N(Cc2nnc(SCC(=O)Nc3ccc(C)cc3C)n2C)S(C)(=O)=O)cc1. The average Bonchev–Trinajstić information content (AvgIpc) is 3.06. The van der Waals surface area contributed by atoms with E-state index in [1.54, 1.807) is 23.7 Å². The highest BCUT2D eigenvalue weighted by atomic mass is 32.2. The number of nitrogens with one attached hydrogen (secondary N) is 1. The van der Waals surface area contributed by atoms with Crippen LogP contribution in [-0.4, -0.2) is 41.1 Å². The molecule has 1 N–H and O–H groups in total. The Hall–Kier alpha value is -2.85. The minimum atomic E-state index is -3.52. The minimum Gasteiger partial charge on any atom is -0.325 e. The van der Waals surface area contributed by atoms with Crippen LogP contribution >= 0.6 is 11.8 Å². The molecular formula is C22H27N5O3S2. The lowest BCUT2D eigenvalue weighted by molar-refractivity contribution is -0.113. The van der Waals surface area contributed by atoms with Crippen LogP contribution in [0, 0.1) is 20.8 Å². The Morgan fingerprint density at radius 1 is 1.06 bits per heavy atom. The van der Waals surface area contributed by atoms with Gasteiger partial charge >= 0.3 is 0 Å². The van der Waals surface area contributed by atoms with Crippen molar-refractivity contribution in [1.82, 2.24) is 14.8 Å². The lowest BCUT2D eigenvalue weighted by Crippen LogP contribution is -2.30. The van der Waals surface area contributed by atoms with Gasteiger partial charge in [0, 0.05) is 12.7 Å². The molecule has 170 valence electrons. The largest absolute Gasteiger partial charge is 0.325 e. The molecule has 1 amide bonds. The molecule has 0 saturated heterocycles. The topological polar surface area (TPSA) is 97.2 Å². The fourth-order valence-corrected chi connectivity index (χ4v) is 4.70. The molecule has 0 aliphatic heterocycles. The first kappa shape index (κ1) is 23.8. The van der Waals surface area contributed by atoms with Gasteiger partial charge in [-0.3, -0.25) is 9.10 Å². The van der Waals surface area contributed by atoms with Gasteiger partial charge in [-0.25, -0.2) is 8.42 Å². The number of aryl methyl sites for hydroxylation is 3. The maximum Gasteiger partial charge on any atom is 0.234 e. The fourth-order valence-electron chi connectivity index (χ4n) is 3.12. The number of rotatable bonds is 8. The molecule has 0 unspecified atom stereocenters. The lowest BCUT2D eigenvalue weighted by atomic mass is 10.1. The van der Waals surface area contributed by atoms with E-state index in [9.17, 15) is 13.2 Å². The van der Waals surface area contributed by atoms with Crippen molar-refractivity contribution in [3.63, 3.8) is 0 Å². The first-order chi connectivity index (χ1) is 15.0. The van der Waals surface area contributed by atoms with Crippen molar-refractivity contribution in [2.45, 2.75) is 32.5 Å². The molecule has 3 aromatic rings. The van der Waals surface area contributed by atoms with E-state index in [4.69, 9.17) is 0 Å². The molecule has 0 aliphatic rings. The molecule has 1 aromatic heterocycles. The quantitative estimate of drug-likeness (QED) is 0.504. The molecule has 1 heterocycles. The van der Waals surface area contributed by atoms with Gasteiger partial charge in [-0.15, -0.1) is 10.2 Å². The molecule has 0 saturated carbocycles. The molecule has 0 aliphatic carbocycles. The highest BCUT2D eigenvalue weighted by Crippen LogP contribution is 2.23. The summed E-state index contributed by atoms with van der Waals surface area (Å²) in [5.74, 6) is 0.491. The molecule has 8 nitrogen and oxygen atoms in total. The second kappa shape index (κ2) is 9.74. The molecule has 0 bridgehead atoms. The van der Waals surface area contributed by atoms with Gasteiger partial charge in [0.05, 0.1) is 24.2 Å². The number of hydrogen-bond acceptors (Lipinski definition) is 6. The maximum atomic E-state index is 12.4. The Kier molecular flexibility index (Phi) is 7.25. The second-order valence-corrected chi connectivity index (χ2v) is 10.6. The normalized spacial score (nSPS) is 11.4. The van der Waals surface area contributed by atoms with Crippen LogP contribution in [0.2, 0.25) is 0 Å². The maximum absolute atomic E-state index is 12.4. The highest BCUT2D eigenvalue weighted by Gasteiger charge is 2.21.